The number of aryl methyl sites for hydroxylation is 1. The molecule has 21 heavy (non-hydrogen) atoms. The van der Waals surface area contributed by atoms with Crippen LogP contribution in [0, 0.1) is 6.92 Å². The molecule has 8 nitrogen and oxygen atoms in total. The number of carbonyl (C=O) groups is 2. The van der Waals surface area contributed by atoms with Crippen molar-refractivity contribution in [3.8, 4) is 0 Å². The Morgan fingerprint density at radius 1 is 1.38 bits per heavy atom. The monoisotopic (exact) mass is 296 g/mol. The second-order valence-electron chi connectivity index (χ2n) is 4.78. The van der Waals surface area contributed by atoms with Crippen molar-refractivity contribution in [1.82, 2.24) is 14.5 Å². The Hall–Kier alpha value is -2.09. The third-order valence-electron chi connectivity index (χ3n) is 3.49. The van der Waals surface area contributed by atoms with Gasteiger partial charge < -0.3 is 24.7 Å². The molecule has 0 saturated carbocycles. The summed E-state index contributed by atoms with van der Waals surface area (Å²) in [7, 11) is 1.28. The van der Waals surface area contributed by atoms with Gasteiger partial charge in [-0.2, -0.15) is 0 Å². The number of nitrogens with two attached hydrogens (primary N) is 1. The van der Waals surface area contributed by atoms with Gasteiger partial charge in [0.2, 0.25) is 5.91 Å². The molecule has 0 bridgehead atoms. The minimum atomic E-state index is -0.575. The number of imidazole rings is 1. The number of esters is 1. The first-order valence-electron chi connectivity index (χ1n) is 6.81. The van der Waals surface area contributed by atoms with E-state index in [0.717, 1.165) is 0 Å². The van der Waals surface area contributed by atoms with Gasteiger partial charge in [-0.15, -0.1) is 0 Å². The number of nitrogen functional groups attached to an aromatic ring is 1. The quantitative estimate of drug-likeness (QED) is 0.773. The maximum Gasteiger partial charge on any atom is 0.360 e. The smallest absolute Gasteiger partial charge is 0.360 e. The molecule has 1 aromatic rings. The molecule has 2 N–H and O–H groups in total. The van der Waals surface area contributed by atoms with Crippen molar-refractivity contribution >= 4 is 17.7 Å². The van der Waals surface area contributed by atoms with Crippen molar-refractivity contribution < 1.29 is 19.1 Å². The van der Waals surface area contributed by atoms with Crippen LogP contribution in [-0.2, 0) is 20.8 Å². The van der Waals surface area contributed by atoms with Crippen molar-refractivity contribution in [1.29, 1.82) is 0 Å². The predicted octanol–water partition coefficient (Wildman–Crippen LogP) is -0.191. The van der Waals surface area contributed by atoms with E-state index >= 15 is 0 Å². The van der Waals surface area contributed by atoms with Crippen LogP contribution in [0.5, 0.6) is 0 Å². The summed E-state index contributed by atoms with van der Waals surface area (Å²) in [6.07, 6.45) is 0.308. The van der Waals surface area contributed by atoms with Crippen LogP contribution in [0.3, 0.4) is 0 Å². The highest BCUT2D eigenvalue weighted by atomic mass is 16.5. The summed E-state index contributed by atoms with van der Waals surface area (Å²) in [6, 6.07) is 0. The molecule has 2 heterocycles. The fourth-order valence-electron chi connectivity index (χ4n) is 2.29. The molecule has 0 unspecified atom stereocenters. The summed E-state index contributed by atoms with van der Waals surface area (Å²) in [5.74, 6) is 0.288. The lowest BCUT2D eigenvalue weighted by Gasteiger charge is -2.27. The molecule has 2 rings (SSSR count). The molecule has 1 aliphatic rings. The number of morpholine rings is 1. The molecular formula is C13H20N4O4. The number of anilines is 1. The molecule has 1 aliphatic heterocycles. The Morgan fingerprint density at radius 2 is 2.05 bits per heavy atom. The Labute approximate surface area is 122 Å². The van der Waals surface area contributed by atoms with Crippen molar-refractivity contribution in [3.63, 3.8) is 0 Å². The number of methoxy groups -OCH3 is 1. The van der Waals surface area contributed by atoms with Crippen molar-refractivity contribution in [2.75, 3.05) is 39.1 Å². The average molecular weight is 296 g/mol. The summed E-state index contributed by atoms with van der Waals surface area (Å²) in [5.41, 5.74) is 5.99. The average Bonchev–Trinajstić information content (AvgIpc) is 2.79. The molecule has 116 valence electrons. The molecule has 1 aromatic heterocycles. The van der Waals surface area contributed by atoms with Crippen LogP contribution in [0.2, 0.25) is 0 Å². The summed E-state index contributed by atoms with van der Waals surface area (Å²) in [4.78, 5) is 29.5. The molecule has 0 aromatic carbocycles. The zero-order valence-corrected chi connectivity index (χ0v) is 12.3. The standard InChI is InChI=1S/C13H20N4O4/c1-9-15-11(13(19)20-2)12(14)17(9)4-3-10(18)16-5-7-21-8-6-16/h3-8,14H2,1-2H3. The lowest BCUT2D eigenvalue weighted by Crippen LogP contribution is -2.41. The normalized spacial score (nSPS) is 15.0. The van der Waals surface area contributed by atoms with Crippen molar-refractivity contribution in [3.05, 3.63) is 11.5 Å². The van der Waals surface area contributed by atoms with Crippen molar-refractivity contribution in [2.45, 2.75) is 19.9 Å². The van der Waals surface area contributed by atoms with E-state index in [2.05, 4.69) is 9.72 Å². The van der Waals surface area contributed by atoms with E-state index in [9.17, 15) is 9.59 Å². The third kappa shape index (κ3) is 3.33. The number of carbonyl (C=O) groups excluding carboxylic acids is 2. The highest BCUT2D eigenvalue weighted by molar-refractivity contribution is 5.92. The molecule has 8 heteroatoms. The van der Waals surface area contributed by atoms with Gasteiger partial charge in [0.1, 0.15) is 11.6 Å². The van der Waals surface area contributed by atoms with Gasteiger partial charge in [0.25, 0.3) is 0 Å². The highest BCUT2D eigenvalue weighted by Crippen LogP contribution is 2.16. The first-order valence-corrected chi connectivity index (χ1v) is 6.81. The van der Waals surface area contributed by atoms with Gasteiger partial charge in [-0.3, -0.25) is 4.79 Å². The first kappa shape index (κ1) is 15.3. The molecule has 0 spiro atoms. The number of ether oxygens (including phenoxy) is 2. The Balaban J connectivity index is 2.01. The fraction of sp³-hybridized carbons (Fsp3) is 0.615. The number of aromatic nitrogens is 2. The predicted molar refractivity (Wildman–Crippen MR) is 74.7 cm³/mol. The molecule has 1 amide bonds. The van der Waals surface area contributed by atoms with Gasteiger partial charge in [-0.1, -0.05) is 0 Å². The molecule has 1 fully saturated rings. The van der Waals surface area contributed by atoms with Crippen LogP contribution in [-0.4, -0.2) is 59.7 Å². The molecular weight excluding hydrogens is 276 g/mol. The molecule has 1 saturated heterocycles. The van der Waals surface area contributed by atoms with Gasteiger partial charge in [-0.25, -0.2) is 9.78 Å². The third-order valence-corrected chi connectivity index (χ3v) is 3.49. The maximum atomic E-state index is 12.1. The van der Waals surface area contributed by atoms with E-state index in [4.69, 9.17) is 10.5 Å². The van der Waals surface area contributed by atoms with Crippen LogP contribution < -0.4 is 5.73 Å². The number of amides is 1. The van der Waals surface area contributed by atoms with Crippen LogP contribution in [0.15, 0.2) is 0 Å². The molecule has 0 aliphatic carbocycles. The van der Waals surface area contributed by atoms with Crippen LogP contribution >= 0.6 is 0 Å². The summed E-state index contributed by atoms with van der Waals surface area (Å²) >= 11 is 0. The fourth-order valence-corrected chi connectivity index (χ4v) is 2.29. The highest BCUT2D eigenvalue weighted by Gasteiger charge is 2.21. The first-order chi connectivity index (χ1) is 10.0. The van der Waals surface area contributed by atoms with E-state index in [1.54, 1.807) is 16.4 Å². The summed E-state index contributed by atoms with van der Waals surface area (Å²) in [6.45, 7) is 4.50. The number of hydrogen-bond acceptors (Lipinski definition) is 6. The lowest BCUT2D eigenvalue weighted by molar-refractivity contribution is -0.135. The van der Waals surface area contributed by atoms with E-state index in [-0.39, 0.29) is 17.4 Å². The van der Waals surface area contributed by atoms with Crippen LogP contribution in [0.4, 0.5) is 5.82 Å². The van der Waals surface area contributed by atoms with Gasteiger partial charge in [0.05, 0.1) is 20.3 Å². The Kier molecular flexibility index (Phi) is 4.79. The van der Waals surface area contributed by atoms with Gasteiger partial charge in [0, 0.05) is 26.1 Å². The minimum absolute atomic E-state index is 0.0467. The van der Waals surface area contributed by atoms with Gasteiger partial charge in [-0.05, 0) is 6.92 Å². The zero-order chi connectivity index (χ0) is 15.4. The summed E-state index contributed by atoms with van der Waals surface area (Å²) < 4.78 is 11.5. The second kappa shape index (κ2) is 6.57. The van der Waals surface area contributed by atoms with Crippen LogP contribution in [0.1, 0.15) is 22.7 Å². The topological polar surface area (TPSA) is 99.7 Å². The zero-order valence-electron chi connectivity index (χ0n) is 12.3. The van der Waals surface area contributed by atoms with E-state index < -0.39 is 5.97 Å². The summed E-state index contributed by atoms with van der Waals surface area (Å²) in [5, 5.41) is 0. The minimum Gasteiger partial charge on any atom is -0.464 e. The largest absolute Gasteiger partial charge is 0.464 e. The van der Waals surface area contributed by atoms with Gasteiger partial charge >= 0.3 is 5.97 Å². The number of rotatable bonds is 4. The van der Waals surface area contributed by atoms with Crippen molar-refractivity contribution in [2.24, 2.45) is 0 Å². The Morgan fingerprint density at radius 3 is 2.67 bits per heavy atom. The molecule has 0 radical (unpaired) electrons. The Bertz CT molecular complexity index is 535. The second-order valence-corrected chi connectivity index (χ2v) is 4.78. The van der Waals surface area contributed by atoms with E-state index in [1.165, 1.54) is 7.11 Å². The SMILES string of the molecule is COC(=O)c1nc(C)n(CCC(=O)N2CCOCC2)c1N. The van der Waals surface area contributed by atoms with E-state index in [1.807, 2.05) is 0 Å². The molecule has 0 atom stereocenters. The lowest BCUT2D eigenvalue weighted by atomic mass is 10.3. The van der Waals surface area contributed by atoms with Crippen LogP contribution in [0.25, 0.3) is 0 Å². The number of nitrogens with zero attached hydrogens (tertiary/aromatic N) is 3. The number of hydrogen-bond donors (Lipinski definition) is 1. The van der Waals surface area contributed by atoms with Gasteiger partial charge in [0.15, 0.2) is 5.69 Å². The van der Waals surface area contributed by atoms with E-state index in [0.29, 0.717) is 45.1 Å². The maximum absolute atomic E-state index is 12.1.